The second kappa shape index (κ2) is 6.55. The molecule has 2 rings (SSSR count). The fourth-order valence-corrected chi connectivity index (χ4v) is 2.69. The lowest BCUT2D eigenvalue weighted by Gasteiger charge is -2.32. The number of halogens is 2. The van der Waals surface area contributed by atoms with Gasteiger partial charge in [0.1, 0.15) is 6.10 Å². The van der Waals surface area contributed by atoms with E-state index in [-0.39, 0.29) is 18.3 Å². The Hall–Kier alpha value is -1.12. The molecule has 1 fully saturated rings. The average molecular weight is 407 g/mol. The zero-order valence-corrected chi connectivity index (χ0v) is 13.6. The quantitative estimate of drug-likeness (QED) is 0.339. The molecule has 0 saturated carbocycles. The van der Waals surface area contributed by atoms with Gasteiger partial charge in [0.15, 0.2) is 5.84 Å². The molecule has 1 aromatic carbocycles. The van der Waals surface area contributed by atoms with Gasteiger partial charge in [0.05, 0.1) is 18.7 Å². The Labute approximate surface area is 132 Å². The molecule has 0 aliphatic carbocycles. The van der Waals surface area contributed by atoms with E-state index >= 15 is 0 Å². The van der Waals surface area contributed by atoms with Crippen LogP contribution in [0.2, 0.25) is 0 Å². The first kappa shape index (κ1) is 15.3. The number of carbonyl (C=O) groups is 1. The van der Waals surface area contributed by atoms with Gasteiger partial charge in [-0.25, -0.2) is 0 Å². The maximum atomic E-state index is 12.5. The predicted molar refractivity (Wildman–Crippen MR) is 80.9 cm³/mol. The van der Waals surface area contributed by atoms with Crippen LogP contribution < -0.4 is 5.73 Å². The van der Waals surface area contributed by atoms with Crippen LogP contribution in [0.3, 0.4) is 0 Å². The van der Waals surface area contributed by atoms with Gasteiger partial charge in [-0.05, 0) is 34.1 Å². The summed E-state index contributed by atoms with van der Waals surface area (Å²) in [5, 5.41) is 11.6. The third-order valence-corrected chi connectivity index (χ3v) is 4.14. The highest BCUT2D eigenvalue weighted by Crippen LogP contribution is 2.23. The van der Waals surface area contributed by atoms with Crippen molar-refractivity contribution < 1.29 is 14.7 Å². The zero-order valence-electron chi connectivity index (χ0n) is 10.4. The van der Waals surface area contributed by atoms with Gasteiger partial charge < -0.3 is 20.6 Å². The smallest absolute Gasteiger partial charge is 0.255 e. The first-order chi connectivity index (χ1) is 9.52. The summed E-state index contributed by atoms with van der Waals surface area (Å²) in [5.74, 6) is -0.159. The molecule has 1 aliphatic heterocycles. The minimum Gasteiger partial charge on any atom is -0.409 e. The summed E-state index contributed by atoms with van der Waals surface area (Å²) in [6.45, 7) is 1.07. The van der Waals surface area contributed by atoms with E-state index in [2.05, 4.69) is 37.0 Å². The molecule has 1 aromatic rings. The standard InChI is InChI=1S/C12H13Br2N3O3/c13-7-1-2-9(14)8(5-7)12(18)17-3-4-20-10(6-17)11(15)16-19/h1-2,5,10,19H,3-4,6H2,(H2,15,16). The van der Waals surface area contributed by atoms with Crippen molar-refractivity contribution in [1.29, 1.82) is 0 Å². The molecule has 1 unspecified atom stereocenters. The molecule has 0 radical (unpaired) electrons. The number of benzene rings is 1. The highest BCUT2D eigenvalue weighted by atomic mass is 79.9. The monoisotopic (exact) mass is 405 g/mol. The minimum absolute atomic E-state index is 0.0317. The summed E-state index contributed by atoms with van der Waals surface area (Å²) in [7, 11) is 0. The number of nitrogens with zero attached hydrogens (tertiary/aromatic N) is 2. The van der Waals surface area contributed by atoms with E-state index in [0.29, 0.717) is 18.7 Å². The van der Waals surface area contributed by atoms with Crippen molar-refractivity contribution in [2.75, 3.05) is 19.7 Å². The second-order valence-corrected chi connectivity index (χ2v) is 6.03. The number of oxime groups is 1. The Morgan fingerprint density at radius 3 is 2.95 bits per heavy atom. The summed E-state index contributed by atoms with van der Waals surface area (Å²) >= 11 is 6.71. The number of rotatable bonds is 2. The van der Waals surface area contributed by atoms with Gasteiger partial charge in [-0.3, -0.25) is 4.79 Å². The Kier molecular flexibility index (Phi) is 5.00. The second-order valence-electron chi connectivity index (χ2n) is 4.26. The topological polar surface area (TPSA) is 88.2 Å². The van der Waals surface area contributed by atoms with Crippen LogP contribution >= 0.6 is 31.9 Å². The lowest BCUT2D eigenvalue weighted by molar-refractivity contribution is 0.00671. The van der Waals surface area contributed by atoms with Crippen molar-refractivity contribution in [2.45, 2.75) is 6.10 Å². The molecule has 6 nitrogen and oxygen atoms in total. The van der Waals surface area contributed by atoms with Crippen LogP contribution in [0.1, 0.15) is 10.4 Å². The van der Waals surface area contributed by atoms with Gasteiger partial charge in [0.25, 0.3) is 5.91 Å². The number of amidine groups is 1. The minimum atomic E-state index is -0.580. The van der Waals surface area contributed by atoms with E-state index in [1.54, 1.807) is 17.0 Å². The van der Waals surface area contributed by atoms with Crippen LogP contribution in [0.25, 0.3) is 0 Å². The first-order valence-electron chi connectivity index (χ1n) is 5.86. The van der Waals surface area contributed by atoms with Crippen LogP contribution in [0, 0.1) is 0 Å². The van der Waals surface area contributed by atoms with Crippen molar-refractivity contribution in [3.05, 3.63) is 32.7 Å². The third-order valence-electron chi connectivity index (χ3n) is 2.96. The van der Waals surface area contributed by atoms with E-state index in [1.807, 2.05) is 6.07 Å². The van der Waals surface area contributed by atoms with E-state index < -0.39 is 6.10 Å². The Morgan fingerprint density at radius 2 is 2.25 bits per heavy atom. The SMILES string of the molecule is N/C(=N/O)C1CN(C(=O)c2cc(Br)ccc2Br)CCO1. The zero-order chi connectivity index (χ0) is 14.7. The van der Waals surface area contributed by atoms with Crippen molar-refractivity contribution in [3.8, 4) is 0 Å². The predicted octanol–water partition coefficient (Wildman–Crippen LogP) is 1.80. The molecule has 3 N–H and O–H groups in total. The van der Waals surface area contributed by atoms with Crippen LogP contribution in [-0.2, 0) is 4.74 Å². The first-order valence-corrected chi connectivity index (χ1v) is 7.45. The van der Waals surface area contributed by atoms with Crippen molar-refractivity contribution in [1.82, 2.24) is 4.90 Å². The number of nitrogens with two attached hydrogens (primary N) is 1. The Bertz CT molecular complexity index is 551. The van der Waals surface area contributed by atoms with Crippen LogP contribution in [-0.4, -0.2) is 47.7 Å². The maximum Gasteiger partial charge on any atom is 0.255 e. The molecule has 1 atom stereocenters. The Balaban J connectivity index is 2.18. The molecule has 0 bridgehead atoms. The molecule has 0 spiro atoms. The summed E-state index contributed by atoms with van der Waals surface area (Å²) < 4.78 is 6.91. The third kappa shape index (κ3) is 3.31. The van der Waals surface area contributed by atoms with Crippen LogP contribution in [0.5, 0.6) is 0 Å². The van der Waals surface area contributed by atoms with Gasteiger partial charge in [0.2, 0.25) is 0 Å². The number of hydrogen-bond acceptors (Lipinski definition) is 4. The van der Waals surface area contributed by atoms with Gasteiger partial charge in [-0.2, -0.15) is 0 Å². The summed E-state index contributed by atoms with van der Waals surface area (Å²) in [4.78, 5) is 14.1. The molecule has 1 saturated heterocycles. The normalized spacial score (nSPS) is 20.0. The fourth-order valence-electron chi connectivity index (χ4n) is 1.91. The van der Waals surface area contributed by atoms with Crippen molar-refractivity contribution in [3.63, 3.8) is 0 Å². The molecule has 1 heterocycles. The van der Waals surface area contributed by atoms with Crippen LogP contribution in [0.4, 0.5) is 0 Å². The number of amides is 1. The summed E-state index contributed by atoms with van der Waals surface area (Å²) in [6.07, 6.45) is -0.580. The lowest BCUT2D eigenvalue weighted by atomic mass is 10.1. The lowest BCUT2D eigenvalue weighted by Crippen LogP contribution is -2.50. The fraction of sp³-hybridized carbons (Fsp3) is 0.333. The highest BCUT2D eigenvalue weighted by Gasteiger charge is 2.28. The van der Waals surface area contributed by atoms with Crippen molar-refractivity contribution >= 4 is 43.6 Å². The molecule has 108 valence electrons. The van der Waals surface area contributed by atoms with Gasteiger partial charge in [-0.1, -0.05) is 21.1 Å². The van der Waals surface area contributed by atoms with Crippen molar-refractivity contribution in [2.24, 2.45) is 10.9 Å². The molecule has 1 aliphatic rings. The number of morpholine rings is 1. The highest BCUT2D eigenvalue weighted by molar-refractivity contribution is 9.11. The molecule has 20 heavy (non-hydrogen) atoms. The van der Waals surface area contributed by atoms with E-state index in [1.165, 1.54) is 0 Å². The number of hydrogen-bond donors (Lipinski definition) is 2. The molecular weight excluding hydrogens is 394 g/mol. The largest absolute Gasteiger partial charge is 0.409 e. The van der Waals surface area contributed by atoms with E-state index in [0.717, 1.165) is 8.95 Å². The Morgan fingerprint density at radius 1 is 1.50 bits per heavy atom. The summed E-state index contributed by atoms with van der Waals surface area (Å²) in [5.41, 5.74) is 6.08. The van der Waals surface area contributed by atoms with Gasteiger partial charge in [0, 0.05) is 15.5 Å². The van der Waals surface area contributed by atoms with E-state index in [4.69, 9.17) is 15.7 Å². The van der Waals surface area contributed by atoms with Gasteiger partial charge in [-0.15, -0.1) is 0 Å². The number of ether oxygens (including phenoxy) is 1. The average Bonchev–Trinajstić information content (AvgIpc) is 2.48. The molecular formula is C12H13Br2N3O3. The van der Waals surface area contributed by atoms with E-state index in [9.17, 15) is 4.79 Å². The van der Waals surface area contributed by atoms with Crippen LogP contribution in [0.15, 0.2) is 32.3 Å². The summed E-state index contributed by atoms with van der Waals surface area (Å²) in [6, 6.07) is 5.40. The number of carbonyl (C=O) groups excluding carboxylic acids is 1. The molecule has 1 amide bonds. The van der Waals surface area contributed by atoms with Gasteiger partial charge >= 0.3 is 0 Å². The maximum absolute atomic E-state index is 12.5. The molecule has 8 heteroatoms. The molecule has 0 aromatic heterocycles.